The van der Waals surface area contributed by atoms with Crippen LogP contribution in [0.1, 0.15) is 5.56 Å². The third-order valence-corrected chi connectivity index (χ3v) is 3.30. The summed E-state index contributed by atoms with van der Waals surface area (Å²) >= 11 is 3.35. The van der Waals surface area contributed by atoms with Crippen molar-refractivity contribution < 1.29 is 24.2 Å². The highest BCUT2D eigenvalue weighted by molar-refractivity contribution is 9.10. The van der Waals surface area contributed by atoms with Crippen LogP contribution in [0.2, 0.25) is 0 Å². The second-order valence-electron chi connectivity index (χ2n) is 4.42. The maximum atomic E-state index is 12.0. The first kappa shape index (κ1) is 17.5. The Bertz CT molecular complexity index is 506. The van der Waals surface area contributed by atoms with Crippen molar-refractivity contribution in [3.8, 4) is 5.75 Å². The molecule has 7 heteroatoms. The van der Waals surface area contributed by atoms with Crippen LogP contribution in [0.4, 0.5) is 0 Å². The van der Waals surface area contributed by atoms with Crippen LogP contribution in [0.25, 0.3) is 0 Å². The molecular formula is C14H18BrNO5. The van der Waals surface area contributed by atoms with Crippen molar-refractivity contribution in [3.63, 3.8) is 0 Å². The number of nitrogens with zero attached hydrogens (tertiary/aromatic N) is 1. The van der Waals surface area contributed by atoms with Gasteiger partial charge in [-0.1, -0.05) is 6.07 Å². The number of carbonyl (C=O) groups is 2. The number of hydrogen-bond donors (Lipinski definition) is 1. The van der Waals surface area contributed by atoms with Gasteiger partial charge in [0, 0.05) is 13.7 Å². The first-order chi connectivity index (χ1) is 9.93. The van der Waals surface area contributed by atoms with E-state index in [9.17, 15) is 9.59 Å². The van der Waals surface area contributed by atoms with Crippen LogP contribution in [0, 0.1) is 6.92 Å². The van der Waals surface area contributed by atoms with Crippen LogP contribution < -0.4 is 4.74 Å². The summed E-state index contributed by atoms with van der Waals surface area (Å²) in [5.74, 6) is -0.936. The van der Waals surface area contributed by atoms with E-state index in [1.165, 1.54) is 12.0 Å². The van der Waals surface area contributed by atoms with Crippen molar-refractivity contribution in [1.82, 2.24) is 4.90 Å². The van der Waals surface area contributed by atoms with E-state index in [1.54, 1.807) is 6.07 Å². The van der Waals surface area contributed by atoms with Gasteiger partial charge in [-0.15, -0.1) is 0 Å². The molecule has 0 aliphatic carbocycles. The molecule has 0 saturated carbocycles. The van der Waals surface area contributed by atoms with Gasteiger partial charge in [0.15, 0.2) is 6.61 Å². The quantitative estimate of drug-likeness (QED) is 0.764. The van der Waals surface area contributed by atoms with Gasteiger partial charge in [-0.25, -0.2) is 0 Å². The SMILES string of the molecule is COCCN(CC(=O)O)C(=O)COc1ccc(C)cc1Br. The van der Waals surface area contributed by atoms with Gasteiger partial charge in [0.1, 0.15) is 12.3 Å². The average molecular weight is 360 g/mol. The summed E-state index contributed by atoms with van der Waals surface area (Å²) in [6.45, 7) is 1.83. The Hall–Kier alpha value is -1.60. The molecular weight excluding hydrogens is 342 g/mol. The predicted octanol–water partition coefficient (Wildman–Crippen LogP) is 1.70. The van der Waals surface area contributed by atoms with Gasteiger partial charge in [-0.05, 0) is 40.5 Å². The van der Waals surface area contributed by atoms with E-state index in [0.717, 1.165) is 10.0 Å². The Labute approximate surface area is 131 Å². The van der Waals surface area contributed by atoms with Gasteiger partial charge >= 0.3 is 5.97 Å². The van der Waals surface area contributed by atoms with Crippen LogP contribution in [0.5, 0.6) is 5.75 Å². The Morgan fingerprint density at radius 1 is 1.38 bits per heavy atom. The van der Waals surface area contributed by atoms with Crippen molar-refractivity contribution >= 4 is 27.8 Å². The molecule has 0 atom stereocenters. The Morgan fingerprint density at radius 2 is 2.10 bits per heavy atom. The van der Waals surface area contributed by atoms with E-state index in [1.807, 2.05) is 19.1 Å². The summed E-state index contributed by atoms with van der Waals surface area (Å²) in [5, 5.41) is 8.81. The lowest BCUT2D eigenvalue weighted by molar-refractivity contribution is -0.145. The van der Waals surface area contributed by atoms with Crippen LogP contribution in [-0.4, -0.2) is 55.3 Å². The molecule has 1 amide bonds. The molecule has 0 heterocycles. The molecule has 0 aliphatic rings. The second kappa shape index (κ2) is 8.63. The number of carboxylic acid groups (broad SMARTS) is 1. The third-order valence-electron chi connectivity index (χ3n) is 2.68. The lowest BCUT2D eigenvalue weighted by Crippen LogP contribution is -2.40. The second-order valence-corrected chi connectivity index (χ2v) is 5.28. The Morgan fingerprint density at radius 3 is 2.67 bits per heavy atom. The van der Waals surface area contributed by atoms with Crippen molar-refractivity contribution in [1.29, 1.82) is 0 Å². The highest BCUT2D eigenvalue weighted by atomic mass is 79.9. The molecule has 21 heavy (non-hydrogen) atoms. The molecule has 1 N–H and O–H groups in total. The minimum Gasteiger partial charge on any atom is -0.483 e. The molecule has 0 aliphatic heterocycles. The fourth-order valence-electron chi connectivity index (χ4n) is 1.61. The molecule has 0 radical (unpaired) electrons. The fourth-order valence-corrected chi connectivity index (χ4v) is 2.22. The minimum absolute atomic E-state index is 0.208. The number of aliphatic carboxylic acids is 1. The number of halogens is 1. The number of amides is 1. The molecule has 1 aromatic carbocycles. The van der Waals surface area contributed by atoms with E-state index >= 15 is 0 Å². The highest BCUT2D eigenvalue weighted by Gasteiger charge is 2.17. The van der Waals surface area contributed by atoms with Crippen LogP contribution in [-0.2, 0) is 14.3 Å². The third kappa shape index (κ3) is 6.14. The summed E-state index contributed by atoms with van der Waals surface area (Å²) in [7, 11) is 1.49. The summed E-state index contributed by atoms with van der Waals surface area (Å²) in [6.07, 6.45) is 0. The van der Waals surface area contributed by atoms with E-state index < -0.39 is 11.9 Å². The zero-order valence-electron chi connectivity index (χ0n) is 12.0. The molecule has 1 aromatic rings. The smallest absolute Gasteiger partial charge is 0.323 e. The zero-order valence-corrected chi connectivity index (χ0v) is 13.6. The van der Waals surface area contributed by atoms with E-state index in [-0.39, 0.29) is 26.3 Å². The molecule has 0 spiro atoms. The molecule has 1 rings (SSSR count). The lowest BCUT2D eigenvalue weighted by atomic mass is 10.2. The van der Waals surface area contributed by atoms with E-state index in [0.29, 0.717) is 5.75 Å². The van der Waals surface area contributed by atoms with Crippen molar-refractivity contribution in [2.75, 3.05) is 33.4 Å². The van der Waals surface area contributed by atoms with Gasteiger partial charge in [-0.2, -0.15) is 0 Å². The van der Waals surface area contributed by atoms with Crippen LogP contribution >= 0.6 is 15.9 Å². The van der Waals surface area contributed by atoms with Gasteiger partial charge in [0.05, 0.1) is 11.1 Å². The largest absolute Gasteiger partial charge is 0.483 e. The predicted molar refractivity (Wildman–Crippen MR) is 80.5 cm³/mol. The first-order valence-corrected chi connectivity index (χ1v) is 7.10. The van der Waals surface area contributed by atoms with E-state index in [4.69, 9.17) is 14.6 Å². The summed E-state index contributed by atoms with van der Waals surface area (Å²) in [5.41, 5.74) is 1.06. The maximum absolute atomic E-state index is 12.0. The highest BCUT2D eigenvalue weighted by Crippen LogP contribution is 2.25. The number of carbonyl (C=O) groups excluding carboxylic acids is 1. The fraction of sp³-hybridized carbons (Fsp3) is 0.429. The first-order valence-electron chi connectivity index (χ1n) is 6.31. The van der Waals surface area contributed by atoms with Crippen molar-refractivity contribution in [2.45, 2.75) is 6.92 Å². The van der Waals surface area contributed by atoms with Crippen LogP contribution in [0.15, 0.2) is 22.7 Å². The van der Waals surface area contributed by atoms with Gasteiger partial charge in [0.2, 0.25) is 0 Å². The number of methoxy groups -OCH3 is 1. The number of carboxylic acids is 1. The van der Waals surface area contributed by atoms with Gasteiger partial charge in [-0.3, -0.25) is 9.59 Å². The maximum Gasteiger partial charge on any atom is 0.323 e. The van der Waals surface area contributed by atoms with Crippen LogP contribution in [0.3, 0.4) is 0 Å². The molecule has 0 aromatic heterocycles. The number of rotatable bonds is 8. The lowest BCUT2D eigenvalue weighted by Gasteiger charge is -2.20. The summed E-state index contributed by atoms with van der Waals surface area (Å²) in [4.78, 5) is 24.0. The Balaban J connectivity index is 2.61. The molecule has 116 valence electrons. The number of aryl methyl sites for hydroxylation is 1. The molecule has 6 nitrogen and oxygen atoms in total. The Kier molecular flexibility index (Phi) is 7.18. The van der Waals surface area contributed by atoms with Crippen molar-refractivity contribution in [2.24, 2.45) is 0 Å². The standard InChI is InChI=1S/C14H18BrNO5/c1-10-3-4-12(11(15)7-10)21-9-13(17)16(5-6-20-2)8-14(18)19/h3-4,7H,5-6,8-9H2,1-2H3,(H,18,19). The molecule has 0 saturated heterocycles. The number of hydrogen-bond acceptors (Lipinski definition) is 4. The zero-order chi connectivity index (χ0) is 15.8. The number of benzene rings is 1. The molecule has 0 fully saturated rings. The molecule has 0 bridgehead atoms. The van der Waals surface area contributed by atoms with Gasteiger partial charge in [0.25, 0.3) is 5.91 Å². The normalized spacial score (nSPS) is 10.2. The average Bonchev–Trinajstić information content (AvgIpc) is 2.41. The van der Waals surface area contributed by atoms with E-state index in [2.05, 4.69) is 15.9 Å². The van der Waals surface area contributed by atoms with Gasteiger partial charge < -0.3 is 19.5 Å². The summed E-state index contributed by atoms with van der Waals surface area (Å²) < 4.78 is 11.0. The van der Waals surface area contributed by atoms with Crippen molar-refractivity contribution in [3.05, 3.63) is 28.2 Å². The molecule has 0 unspecified atom stereocenters. The topological polar surface area (TPSA) is 76.1 Å². The number of ether oxygens (including phenoxy) is 2. The summed E-state index contributed by atoms with van der Waals surface area (Å²) in [6, 6.07) is 5.49. The minimum atomic E-state index is -1.07. The monoisotopic (exact) mass is 359 g/mol.